The van der Waals surface area contributed by atoms with Crippen molar-refractivity contribution >= 4 is 5.97 Å². The third-order valence-electron chi connectivity index (χ3n) is 3.12. The first kappa shape index (κ1) is 13.1. The smallest absolute Gasteiger partial charge is 0.352 e. The second kappa shape index (κ2) is 5.57. The molecule has 0 aromatic heterocycles. The van der Waals surface area contributed by atoms with Gasteiger partial charge in [0.2, 0.25) is 5.60 Å². The molecule has 0 bridgehead atoms. The van der Waals surface area contributed by atoms with E-state index in [0.717, 1.165) is 0 Å². The maximum atomic E-state index is 11.7. The summed E-state index contributed by atoms with van der Waals surface area (Å²) in [5, 5.41) is 9.61. The monoisotopic (exact) mass is 256 g/mol. The van der Waals surface area contributed by atoms with Crippen molar-refractivity contribution in [2.45, 2.75) is 18.9 Å². The lowest BCUT2D eigenvalue weighted by Gasteiger charge is -2.29. The minimum atomic E-state index is -1.34. The topological polar surface area (TPSA) is 46.5 Å². The van der Waals surface area contributed by atoms with Gasteiger partial charge in [0, 0.05) is 5.56 Å². The van der Waals surface area contributed by atoms with Crippen LogP contribution in [0.3, 0.4) is 0 Å². The maximum absolute atomic E-state index is 11.7. The van der Waals surface area contributed by atoms with Gasteiger partial charge in [0.05, 0.1) is 0 Å². The Morgan fingerprint density at radius 3 is 2.05 bits per heavy atom. The first-order valence-electron chi connectivity index (χ1n) is 6.22. The fraction of sp³-hybridized carbons (Fsp3) is 0.188. The van der Waals surface area contributed by atoms with E-state index in [0.29, 0.717) is 17.7 Å². The first-order chi connectivity index (χ1) is 9.19. The van der Waals surface area contributed by atoms with Crippen LogP contribution in [0.15, 0.2) is 60.7 Å². The first-order valence-corrected chi connectivity index (χ1v) is 6.22. The van der Waals surface area contributed by atoms with E-state index in [1.54, 1.807) is 24.3 Å². The van der Waals surface area contributed by atoms with Gasteiger partial charge in [-0.3, -0.25) is 0 Å². The van der Waals surface area contributed by atoms with Gasteiger partial charge in [-0.1, -0.05) is 55.5 Å². The van der Waals surface area contributed by atoms with Crippen LogP contribution in [0.5, 0.6) is 5.75 Å². The molecule has 0 aliphatic heterocycles. The van der Waals surface area contributed by atoms with Crippen LogP contribution < -0.4 is 4.74 Å². The number of carbonyl (C=O) groups is 1. The van der Waals surface area contributed by atoms with Crippen LogP contribution in [0.1, 0.15) is 18.9 Å². The predicted molar refractivity (Wildman–Crippen MR) is 73.1 cm³/mol. The minimum Gasteiger partial charge on any atom is -0.478 e. The molecular formula is C16H16O3. The Kier molecular flexibility index (Phi) is 3.85. The lowest BCUT2D eigenvalue weighted by atomic mass is 9.91. The van der Waals surface area contributed by atoms with Crippen molar-refractivity contribution in [1.82, 2.24) is 0 Å². The SMILES string of the molecule is CCC(Oc1ccccc1)(C(=O)O)c1ccccc1. The second-order valence-electron chi connectivity index (χ2n) is 4.27. The number of para-hydroxylation sites is 1. The van der Waals surface area contributed by atoms with Crippen LogP contribution in [0.2, 0.25) is 0 Å². The standard InChI is InChI=1S/C16H16O3/c1-2-16(15(17)18,13-9-5-3-6-10-13)19-14-11-7-4-8-12-14/h3-12H,2H2,1H3,(H,17,18). The Balaban J connectivity index is 2.44. The number of benzene rings is 2. The van der Waals surface area contributed by atoms with E-state index in [1.807, 2.05) is 43.3 Å². The number of hydrogen-bond acceptors (Lipinski definition) is 2. The molecule has 3 heteroatoms. The lowest BCUT2D eigenvalue weighted by molar-refractivity contribution is -0.156. The highest BCUT2D eigenvalue weighted by molar-refractivity contribution is 5.80. The van der Waals surface area contributed by atoms with Crippen molar-refractivity contribution in [2.75, 3.05) is 0 Å². The van der Waals surface area contributed by atoms with Gasteiger partial charge in [-0.2, -0.15) is 0 Å². The zero-order chi connectivity index (χ0) is 13.7. The van der Waals surface area contributed by atoms with Crippen molar-refractivity contribution in [1.29, 1.82) is 0 Å². The molecule has 0 aliphatic carbocycles. The lowest BCUT2D eigenvalue weighted by Crippen LogP contribution is -2.41. The number of carboxylic acids is 1. The largest absolute Gasteiger partial charge is 0.478 e. The van der Waals surface area contributed by atoms with Crippen LogP contribution in [0, 0.1) is 0 Å². The van der Waals surface area contributed by atoms with Crippen LogP contribution in [0.25, 0.3) is 0 Å². The highest BCUT2D eigenvalue weighted by Gasteiger charge is 2.41. The second-order valence-corrected chi connectivity index (χ2v) is 4.27. The van der Waals surface area contributed by atoms with Crippen LogP contribution >= 0.6 is 0 Å². The molecule has 0 spiro atoms. The molecule has 3 nitrogen and oxygen atoms in total. The predicted octanol–water partition coefficient (Wildman–Crippen LogP) is 3.46. The van der Waals surface area contributed by atoms with E-state index < -0.39 is 11.6 Å². The van der Waals surface area contributed by atoms with Crippen molar-refractivity contribution in [3.63, 3.8) is 0 Å². The number of aliphatic carboxylic acids is 1. The fourth-order valence-corrected chi connectivity index (χ4v) is 2.05. The maximum Gasteiger partial charge on any atom is 0.352 e. The zero-order valence-electron chi connectivity index (χ0n) is 10.7. The summed E-state index contributed by atoms with van der Waals surface area (Å²) in [5.74, 6) is -0.430. The van der Waals surface area contributed by atoms with Gasteiger partial charge in [0.1, 0.15) is 5.75 Å². The van der Waals surface area contributed by atoms with Gasteiger partial charge < -0.3 is 9.84 Å². The molecule has 2 aromatic rings. The third-order valence-corrected chi connectivity index (χ3v) is 3.12. The highest BCUT2D eigenvalue weighted by Crippen LogP contribution is 2.31. The summed E-state index contributed by atoms with van der Waals surface area (Å²) in [5.41, 5.74) is -0.698. The van der Waals surface area contributed by atoms with E-state index in [9.17, 15) is 9.90 Å². The molecule has 0 radical (unpaired) electrons. The number of ether oxygens (including phenoxy) is 1. The summed E-state index contributed by atoms with van der Waals surface area (Å²) in [6, 6.07) is 18.1. The Labute approximate surface area is 112 Å². The third kappa shape index (κ3) is 2.60. The molecule has 98 valence electrons. The van der Waals surface area contributed by atoms with Crippen molar-refractivity contribution in [3.05, 3.63) is 66.2 Å². The molecule has 1 atom stereocenters. The van der Waals surface area contributed by atoms with Crippen molar-refractivity contribution in [3.8, 4) is 5.75 Å². The average molecular weight is 256 g/mol. The highest BCUT2D eigenvalue weighted by atomic mass is 16.5. The molecule has 19 heavy (non-hydrogen) atoms. The molecule has 0 heterocycles. The number of rotatable bonds is 5. The Morgan fingerprint density at radius 1 is 1.05 bits per heavy atom. The Bertz CT molecular complexity index is 536. The van der Waals surface area contributed by atoms with Crippen LogP contribution in [0.4, 0.5) is 0 Å². The molecule has 0 amide bonds. The van der Waals surface area contributed by atoms with E-state index in [-0.39, 0.29) is 0 Å². The molecule has 0 fully saturated rings. The molecule has 0 saturated heterocycles. The van der Waals surface area contributed by atoms with Crippen LogP contribution in [-0.2, 0) is 10.4 Å². The van der Waals surface area contributed by atoms with Gasteiger partial charge in [-0.05, 0) is 18.6 Å². The van der Waals surface area contributed by atoms with E-state index in [2.05, 4.69) is 0 Å². The van der Waals surface area contributed by atoms with Gasteiger partial charge in [-0.15, -0.1) is 0 Å². The zero-order valence-corrected chi connectivity index (χ0v) is 10.7. The van der Waals surface area contributed by atoms with Gasteiger partial charge in [0.25, 0.3) is 0 Å². The summed E-state index contributed by atoms with van der Waals surface area (Å²) in [6.07, 6.45) is 0.348. The average Bonchev–Trinajstić information content (AvgIpc) is 2.46. The van der Waals surface area contributed by atoms with Gasteiger partial charge >= 0.3 is 5.97 Å². The quantitative estimate of drug-likeness (QED) is 0.891. The van der Waals surface area contributed by atoms with Crippen molar-refractivity contribution < 1.29 is 14.6 Å². The molecule has 0 saturated carbocycles. The Morgan fingerprint density at radius 2 is 1.58 bits per heavy atom. The number of hydrogen-bond donors (Lipinski definition) is 1. The fourth-order valence-electron chi connectivity index (χ4n) is 2.05. The molecule has 2 aromatic carbocycles. The van der Waals surface area contributed by atoms with Gasteiger partial charge in [0.15, 0.2) is 0 Å². The minimum absolute atomic E-state index is 0.348. The summed E-state index contributed by atoms with van der Waals surface area (Å²) >= 11 is 0. The van der Waals surface area contributed by atoms with E-state index in [4.69, 9.17) is 4.74 Å². The summed E-state index contributed by atoms with van der Waals surface area (Å²) in [7, 11) is 0. The van der Waals surface area contributed by atoms with E-state index >= 15 is 0 Å². The summed E-state index contributed by atoms with van der Waals surface area (Å²) in [6.45, 7) is 1.81. The molecule has 0 aliphatic rings. The molecule has 2 rings (SSSR count). The molecule has 1 N–H and O–H groups in total. The molecule has 1 unspecified atom stereocenters. The van der Waals surface area contributed by atoms with Crippen molar-refractivity contribution in [2.24, 2.45) is 0 Å². The summed E-state index contributed by atoms with van der Waals surface area (Å²) in [4.78, 5) is 11.7. The summed E-state index contributed by atoms with van der Waals surface area (Å²) < 4.78 is 5.80. The van der Waals surface area contributed by atoms with E-state index in [1.165, 1.54) is 0 Å². The Hall–Kier alpha value is -2.29. The van der Waals surface area contributed by atoms with Crippen LogP contribution in [-0.4, -0.2) is 11.1 Å². The van der Waals surface area contributed by atoms with Gasteiger partial charge in [-0.25, -0.2) is 4.79 Å². The number of carboxylic acid groups (broad SMARTS) is 1. The molecular weight excluding hydrogens is 240 g/mol. The normalized spacial score (nSPS) is 13.5.